The Morgan fingerprint density at radius 3 is 2.50 bits per heavy atom. The highest BCUT2D eigenvalue weighted by Crippen LogP contribution is 2.30. The molecule has 4 nitrogen and oxygen atoms in total. The van der Waals surface area contributed by atoms with Crippen molar-refractivity contribution in [2.24, 2.45) is 0 Å². The lowest BCUT2D eigenvalue weighted by molar-refractivity contribution is 0.963. The van der Waals surface area contributed by atoms with E-state index in [4.69, 9.17) is 0 Å². The van der Waals surface area contributed by atoms with Gasteiger partial charge in [-0.25, -0.2) is 4.98 Å². The first-order valence-corrected chi connectivity index (χ1v) is 7.55. The summed E-state index contributed by atoms with van der Waals surface area (Å²) in [5, 5.41) is 3.14. The standard InChI is InChI=1S/C15H19BrN4/c1-4-17-15-18-10-13(16)14(19-15)20(5-2)12-8-6-11(3)7-9-12/h6-10H,4-5H2,1-3H3,(H,17,18,19). The first-order valence-electron chi connectivity index (χ1n) is 6.76. The number of rotatable bonds is 5. The molecule has 106 valence electrons. The number of benzene rings is 1. The molecule has 5 heteroatoms. The molecule has 0 bridgehead atoms. The van der Waals surface area contributed by atoms with Crippen molar-refractivity contribution >= 4 is 33.4 Å². The minimum absolute atomic E-state index is 0.649. The van der Waals surface area contributed by atoms with Gasteiger partial charge in [0, 0.05) is 25.0 Å². The molecule has 0 atom stereocenters. The number of halogens is 1. The zero-order valence-electron chi connectivity index (χ0n) is 12.0. The predicted molar refractivity (Wildman–Crippen MR) is 87.8 cm³/mol. The Labute approximate surface area is 128 Å². The van der Waals surface area contributed by atoms with Gasteiger partial charge in [-0.3, -0.25) is 0 Å². The number of anilines is 3. The highest BCUT2D eigenvalue weighted by atomic mass is 79.9. The highest BCUT2D eigenvalue weighted by Gasteiger charge is 2.13. The Morgan fingerprint density at radius 2 is 1.90 bits per heavy atom. The number of nitrogens with zero attached hydrogens (tertiary/aromatic N) is 3. The molecule has 1 heterocycles. The molecule has 0 radical (unpaired) electrons. The van der Waals surface area contributed by atoms with Gasteiger partial charge in [0.2, 0.25) is 5.95 Å². The molecule has 1 aromatic carbocycles. The molecule has 0 spiro atoms. The fourth-order valence-corrected chi connectivity index (χ4v) is 2.38. The number of hydrogen-bond donors (Lipinski definition) is 1. The fourth-order valence-electron chi connectivity index (χ4n) is 1.97. The van der Waals surface area contributed by atoms with E-state index in [1.807, 2.05) is 6.92 Å². The van der Waals surface area contributed by atoms with Crippen LogP contribution in [0.2, 0.25) is 0 Å². The molecular formula is C15H19BrN4. The summed E-state index contributed by atoms with van der Waals surface area (Å²) in [6.45, 7) is 7.87. The van der Waals surface area contributed by atoms with Crippen LogP contribution in [0.4, 0.5) is 17.5 Å². The number of aromatic nitrogens is 2. The van der Waals surface area contributed by atoms with Crippen LogP contribution in [0.3, 0.4) is 0 Å². The molecule has 1 N–H and O–H groups in total. The van der Waals surface area contributed by atoms with Crippen LogP contribution in [-0.2, 0) is 0 Å². The van der Waals surface area contributed by atoms with Gasteiger partial charge in [-0.15, -0.1) is 0 Å². The summed E-state index contributed by atoms with van der Waals surface area (Å²) in [4.78, 5) is 11.0. The summed E-state index contributed by atoms with van der Waals surface area (Å²) in [5.74, 6) is 1.53. The van der Waals surface area contributed by atoms with Crippen molar-refractivity contribution < 1.29 is 0 Å². The molecule has 0 aliphatic heterocycles. The summed E-state index contributed by atoms with van der Waals surface area (Å²) < 4.78 is 0.890. The molecule has 20 heavy (non-hydrogen) atoms. The lowest BCUT2D eigenvalue weighted by atomic mass is 10.2. The lowest BCUT2D eigenvalue weighted by Gasteiger charge is -2.23. The third kappa shape index (κ3) is 3.28. The largest absolute Gasteiger partial charge is 0.354 e. The van der Waals surface area contributed by atoms with E-state index < -0.39 is 0 Å². The van der Waals surface area contributed by atoms with Gasteiger partial charge in [0.1, 0.15) is 0 Å². The Hall–Kier alpha value is -1.62. The number of hydrogen-bond acceptors (Lipinski definition) is 4. The van der Waals surface area contributed by atoms with Gasteiger partial charge in [-0.05, 0) is 48.8 Å². The molecule has 2 aromatic rings. The van der Waals surface area contributed by atoms with Gasteiger partial charge >= 0.3 is 0 Å². The van der Waals surface area contributed by atoms with Crippen molar-refractivity contribution in [1.29, 1.82) is 0 Å². The molecular weight excluding hydrogens is 316 g/mol. The second-order valence-corrected chi connectivity index (χ2v) is 5.33. The Morgan fingerprint density at radius 1 is 1.20 bits per heavy atom. The quantitative estimate of drug-likeness (QED) is 0.892. The maximum atomic E-state index is 4.59. The van der Waals surface area contributed by atoms with Crippen LogP contribution >= 0.6 is 15.9 Å². The van der Waals surface area contributed by atoms with Gasteiger partial charge in [-0.1, -0.05) is 17.7 Å². The van der Waals surface area contributed by atoms with E-state index >= 15 is 0 Å². The van der Waals surface area contributed by atoms with E-state index in [2.05, 4.69) is 74.2 Å². The minimum Gasteiger partial charge on any atom is -0.354 e. The third-order valence-electron chi connectivity index (χ3n) is 2.98. The van der Waals surface area contributed by atoms with Crippen molar-refractivity contribution in [2.75, 3.05) is 23.3 Å². The topological polar surface area (TPSA) is 41.1 Å². The van der Waals surface area contributed by atoms with Crippen molar-refractivity contribution in [3.8, 4) is 0 Å². The monoisotopic (exact) mass is 334 g/mol. The number of aryl methyl sites for hydroxylation is 1. The lowest BCUT2D eigenvalue weighted by Crippen LogP contribution is -2.19. The fraction of sp³-hybridized carbons (Fsp3) is 0.333. The van der Waals surface area contributed by atoms with E-state index in [9.17, 15) is 0 Å². The molecule has 0 aliphatic rings. The summed E-state index contributed by atoms with van der Waals surface area (Å²) in [6, 6.07) is 8.44. The first kappa shape index (κ1) is 14.8. The van der Waals surface area contributed by atoms with Crippen LogP contribution < -0.4 is 10.2 Å². The smallest absolute Gasteiger partial charge is 0.224 e. The van der Waals surface area contributed by atoms with Crippen molar-refractivity contribution in [3.05, 3.63) is 40.5 Å². The SMILES string of the molecule is CCNc1ncc(Br)c(N(CC)c2ccc(C)cc2)n1. The van der Waals surface area contributed by atoms with Crippen molar-refractivity contribution in [1.82, 2.24) is 9.97 Å². The van der Waals surface area contributed by atoms with E-state index in [1.54, 1.807) is 6.20 Å². The molecule has 0 amide bonds. The predicted octanol–water partition coefficient (Wildman–Crippen LogP) is 4.14. The molecule has 0 aliphatic carbocycles. The Kier molecular flexibility index (Phi) is 4.95. The maximum Gasteiger partial charge on any atom is 0.224 e. The molecule has 1 aromatic heterocycles. The highest BCUT2D eigenvalue weighted by molar-refractivity contribution is 9.10. The zero-order valence-corrected chi connectivity index (χ0v) is 13.6. The van der Waals surface area contributed by atoms with Gasteiger partial charge in [0.05, 0.1) is 4.47 Å². The van der Waals surface area contributed by atoms with Crippen molar-refractivity contribution in [2.45, 2.75) is 20.8 Å². The van der Waals surface area contributed by atoms with Crippen LogP contribution in [0.5, 0.6) is 0 Å². The second-order valence-electron chi connectivity index (χ2n) is 4.48. The summed E-state index contributed by atoms with van der Waals surface area (Å²) >= 11 is 3.54. The molecule has 0 saturated heterocycles. The van der Waals surface area contributed by atoms with Gasteiger partial charge in [0.25, 0.3) is 0 Å². The van der Waals surface area contributed by atoms with Crippen LogP contribution in [-0.4, -0.2) is 23.1 Å². The van der Waals surface area contributed by atoms with Gasteiger partial charge < -0.3 is 10.2 Å². The number of nitrogens with one attached hydrogen (secondary N) is 1. The molecule has 0 unspecified atom stereocenters. The van der Waals surface area contributed by atoms with Gasteiger partial charge in [-0.2, -0.15) is 4.98 Å². The van der Waals surface area contributed by atoms with E-state index in [-0.39, 0.29) is 0 Å². The van der Waals surface area contributed by atoms with Gasteiger partial charge in [0.15, 0.2) is 5.82 Å². The average Bonchev–Trinajstić information content (AvgIpc) is 2.45. The zero-order chi connectivity index (χ0) is 14.5. The maximum absolute atomic E-state index is 4.59. The van der Waals surface area contributed by atoms with Crippen LogP contribution in [0.1, 0.15) is 19.4 Å². The van der Waals surface area contributed by atoms with Crippen LogP contribution in [0.15, 0.2) is 34.9 Å². The van der Waals surface area contributed by atoms with E-state index in [0.29, 0.717) is 5.95 Å². The normalized spacial score (nSPS) is 10.4. The first-order chi connectivity index (χ1) is 9.65. The summed E-state index contributed by atoms with van der Waals surface area (Å²) in [7, 11) is 0. The Balaban J connectivity index is 2.40. The third-order valence-corrected chi connectivity index (χ3v) is 3.54. The van der Waals surface area contributed by atoms with Crippen LogP contribution in [0.25, 0.3) is 0 Å². The summed E-state index contributed by atoms with van der Waals surface area (Å²) in [5.41, 5.74) is 2.37. The van der Waals surface area contributed by atoms with E-state index in [1.165, 1.54) is 5.56 Å². The van der Waals surface area contributed by atoms with Crippen molar-refractivity contribution in [3.63, 3.8) is 0 Å². The molecule has 2 rings (SSSR count). The average molecular weight is 335 g/mol. The summed E-state index contributed by atoms with van der Waals surface area (Å²) in [6.07, 6.45) is 1.79. The molecule has 0 fully saturated rings. The molecule has 0 saturated carbocycles. The Bertz CT molecular complexity index is 569. The minimum atomic E-state index is 0.649. The second kappa shape index (κ2) is 6.70. The van der Waals surface area contributed by atoms with Crippen LogP contribution in [0, 0.1) is 6.92 Å². The van der Waals surface area contributed by atoms with E-state index in [0.717, 1.165) is 29.1 Å².